The van der Waals surface area contributed by atoms with Crippen LogP contribution in [0, 0.1) is 27.9 Å². The summed E-state index contributed by atoms with van der Waals surface area (Å²) in [6.07, 6.45) is 0. The highest BCUT2D eigenvalue weighted by Crippen LogP contribution is 2.54. The third-order valence-electron chi connectivity index (χ3n) is 9.20. The molecule has 1 saturated carbocycles. The number of carbonyl (C=O) groups is 2. The van der Waals surface area contributed by atoms with E-state index >= 15 is 0 Å². The lowest BCUT2D eigenvalue weighted by molar-refractivity contribution is -0.384. The molecule has 2 heterocycles. The van der Waals surface area contributed by atoms with Crippen molar-refractivity contribution in [3.05, 3.63) is 134 Å². The molecule has 9 nitrogen and oxygen atoms in total. The maximum absolute atomic E-state index is 13.7. The van der Waals surface area contributed by atoms with Crippen LogP contribution in [0.1, 0.15) is 42.5 Å². The van der Waals surface area contributed by atoms with Gasteiger partial charge in [-0.3, -0.25) is 15.0 Å². The normalized spacial score (nSPS) is 22.8. The largest absolute Gasteiger partial charge is 0.466 e. The zero-order valence-corrected chi connectivity index (χ0v) is 24.9. The standard InChI is InChI=1S/C35H35N3O6/c1-21-30(34(39)43-3)32(25-15-10-16-26(17-25)38(41)42)31(22(2)36-21)35(40)44-20-29-27-18-37(19-28(27)29)33(23-11-6-4-7-12-23)24-13-8-5-9-14-24/h4-17,27-29,32-33,36H,18-20H2,1-3H3. The lowest BCUT2D eigenvalue weighted by atomic mass is 9.80. The molecule has 1 aliphatic carbocycles. The molecule has 0 aromatic heterocycles. The molecule has 3 aromatic rings. The van der Waals surface area contributed by atoms with E-state index < -0.39 is 22.8 Å². The lowest BCUT2D eigenvalue weighted by Gasteiger charge is -2.31. The first kappa shape index (κ1) is 29.3. The number of rotatable bonds is 9. The molecule has 3 aromatic carbocycles. The summed E-state index contributed by atoms with van der Waals surface area (Å²) in [5.74, 6) is -0.923. The fourth-order valence-electron chi connectivity index (χ4n) is 7.07. The van der Waals surface area contributed by atoms with Crippen LogP contribution >= 0.6 is 0 Å². The second-order valence-corrected chi connectivity index (χ2v) is 11.7. The Kier molecular flexibility index (Phi) is 8.05. The van der Waals surface area contributed by atoms with Crippen LogP contribution in [0.25, 0.3) is 0 Å². The van der Waals surface area contributed by atoms with E-state index in [0.717, 1.165) is 13.1 Å². The van der Waals surface area contributed by atoms with Gasteiger partial charge in [0.05, 0.1) is 41.7 Å². The van der Waals surface area contributed by atoms with Crippen molar-refractivity contribution in [1.82, 2.24) is 10.2 Å². The molecule has 3 aliphatic rings. The predicted octanol–water partition coefficient (Wildman–Crippen LogP) is 5.51. The van der Waals surface area contributed by atoms with Gasteiger partial charge in [0.2, 0.25) is 0 Å². The highest BCUT2D eigenvalue weighted by molar-refractivity contribution is 5.99. The number of ether oxygens (including phenoxy) is 2. The second kappa shape index (κ2) is 12.1. The molecular weight excluding hydrogens is 558 g/mol. The van der Waals surface area contributed by atoms with E-state index in [2.05, 4.69) is 58.7 Å². The number of nitrogens with zero attached hydrogens (tertiary/aromatic N) is 2. The zero-order chi connectivity index (χ0) is 31.0. The Hall–Kier alpha value is -4.76. The minimum Gasteiger partial charge on any atom is -0.466 e. The Morgan fingerprint density at radius 1 is 0.886 bits per heavy atom. The number of nitro benzene ring substituents is 1. The molecule has 2 aliphatic heterocycles. The van der Waals surface area contributed by atoms with E-state index in [1.54, 1.807) is 26.0 Å². The molecule has 9 heteroatoms. The Morgan fingerprint density at radius 2 is 1.45 bits per heavy atom. The van der Waals surface area contributed by atoms with Crippen molar-refractivity contribution in [1.29, 1.82) is 0 Å². The molecular formula is C35H35N3O6. The van der Waals surface area contributed by atoms with Crippen molar-refractivity contribution < 1.29 is 24.0 Å². The summed E-state index contributed by atoms with van der Waals surface area (Å²) in [6, 6.07) is 27.2. The molecule has 2 fully saturated rings. The van der Waals surface area contributed by atoms with Crippen molar-refractivity contribution in [2.75, 3.05) is 26.8 Å². The van der Waals surface area contributed by atoms with Crippen molar-refractivity contribution in [3.8, 4) is 0 Å². The summed E-state index contributed by atoms with van der Waals surface area (Å²) in [7, 11) is 1.27. The van der Waals surface area contributed by atoms with Crippen LogP contribution in [0.3, 0.4) is 0 Å². The summed E-state index contributed by atoms with van der Waals surface area (Å²) < 4.78 is 11.0. The van der Waals surface area contributed by atoms with Gasteiger partial charge in [0.25, 0.3) is 5.69 Å². The molecule has 44 heavy (non-hydrogen) atoms. The molecule has 1 saturated heterocycles. The number of hydrogen-bond acceptors (Lipinski definition) is 8. The van der Waals surface area contributed by atoms with Crippen LogP contribution in [0.4, 0.5) is 5.69 Å². The van der Waals surface area contributed by atoms with E-state index in [0.29, 0.717) is 28.8 Å². The average Bonchev–Trinajstić information content (AvgIpc) is 3.49. The van der Waals surface area contributed by atoms with Crippen molar-refractivity contribution in [2.24, 2.45) is 17.8 Å². The Labute approximate surface area is 256 Å². The smallest absolute Gasteiger partial charge is 0.336 e. The number of benzene rings is 3. The fourth-order valence-corrected chi connectivity index (χ4v) is 7.07. The molecule has 3 atom stereocenters. The van der Waals surface area contributed by atoms with Crippen molar-refractivity contribution in [3.63, 3.8) is 0 Å². The van der Waals surface area contributed by atoms with E-state index in [1.807, 2.05) is 12.1 Å². The van der Waals surface area contributed by atoms with Crippen LogP contribution in [0.2, 0.25) is 0 Å². The van der Waals surface area contributed by atoms with Crippen LogP contribution in [0.15, 0.2) is 107 Å². The molecule has 6 rings (SSSR count). The molecule has 0 amide bonds. The number of carbonyl (C=O) groups excluding carboxylic acids is 2. The van der Waals surface area contributed by atoms with E-state index in [1.165, 1.54) is 30.4 Å². The van der Waals surface area contributed by atoms with Gasteiger partial charge in [-0.2, -0.15) is 0 Å². The van der Waals surface area contributed by atoms with Gasteiger partial charge in [-0.1, -0.05) is 72.8 Å². The first-order chi connectivity index (χ1) is 21.3. The minimum absolute atomic E-state index is 0.132. The van der Waals surface area contributed by atoms with E-state index in [4.69, 9.17) is 9.47 Å². The second-order valence-electron chi connectivity index (χ2n) is 11.7. The van der Waals surface area contributed by atoms with Crippen LogP contribution in [-0.4, -0.2) is 48.6 Å². The van der Waals surface area contributed by atoms with Gasteiger partial charge >= 0.3 is 11.9 Å². The van der Waals surface area contributed by atoms with Gasteiger partial charge in [0, 0.05) is 42.5 Å². The number of methoxy groups -OCH3 is 1. The van der Waals surface area contributed by atoms with Gasteiger partial charge in [-0.25, -0.2) is 9.59 Å². The Balaban J connectivity index is 1.18. The van der Waals surface area contributed by atoms with Crippen molar-refractivity contribution in [2.45, 2.75) is 25.8 Å². The molecule has 1 N–H and O–H groups in total. The molecule has 226 valence electrons. The first-order valence-electron chi connectivity index (χ1n) is 14.8. The third-order valence-corrected chi connectivity index (χ3v) is 9.20. The van der Waals surface area contributed by atoms with E-state index in [-0.39, 0.29) is 35.4 Å². The third kappa shape index (κ3) is 5.51. The van der Waals surface area contributed by atoms with Gasteiger partial charge in [-0.15, -0.1) is 0 Å². The molecule has 0 spiro atoms. The van der Waals surface area contributed by atoms with Gasteiger partial charge in [0.15, 0.2) is 0 Å². The summed E-state index contributed by atoms with van der Waals surface area (Å²) >= 11 is 0. The number of fused-ring (bicyclic) bond motifs is 1. The number of allylic oxidation sites excluding steroid dienone is 2. The number of hydrogen-bond donors (Lipinski definition) is 1. The predicted molar refractivity (Wildman–Crippen MR) is 164 cm³/mol. The maximum Gasteiger partial charge on any atom is 0.336 e. The number of likely N-dealkylation sites (tertiary alicyclic amines) is 1. The quantitative estimate of drug-likeness (QED) is 0.196. The Bertz CT molecular complexity index is 1600. The number of nitro groups is 1. The highest BCUT2D eigenvalue weighted by Gasteiger charge is 2.57. The molecule has 0 radical (unpaired) electrons. The topological polar surface area (TPSA) is 111 Å². The number of non-ortho nitro benzene ring substituents is 1. The minimum atomic E-state index is -0.872. The van der Waals surface area contributed by atoms with Crippen LogP contribution < -0.4 is 5.32 Å². The Morgan fingerprint density at radius 3 is 2.00 bits per heavy atom. The summed E-state index contributed by atoms with van der Waals surface area (Å²) in [6.45, 7) is 5.57. The fraction of sp³-hybridized carbons (Fsp3) is 0.314. The molecule has 3 unspecified atom stereocenters. The number of nitrogens with one attached hydrogen (secondary N) is 1. The van der Waals surface area contributed by atoms with Gasteiger partial charge in [0.1, 0.15) is 0 Å². The summed E-state index contributed by atoms with van der Waals surface area (Å²) in [4.78, 5) is 40.2. The van der Waals surface area contributed by atoms with Gasteiger partial charge in [-0.05, 0) is 42.4 Å². The van der Waals surface area contributed by atoms with Gasteiger partial charge < -0.3 is 14.8 Å². The monoisotopic (exact) mass is 593 g/mol. The van der Waals surface area contributed by atoms with Crippen molar-refractivity contribution >= 4 is 17.6 Å². The van der Waals surface area contributed by atoms with Crippen LogP contribution in [0.5, 0.6) is 0 Å². The SMILES string of the molecule is COC(=O)C1=C(C)NC(C)=C(C(=O)OCC2C3CN(C(c4ccccc4)c4ccccc4)CC23)C1c1cccc([N+](=O)[O-])c1. The molecule has 0 bridgehead atoms. The summed E-state index contributed by atoms with van der Waals surface area (Å²) in [5.41, 5.74) is 4.35. The average molecular weight is 594 g/mol. The highest BCUT2D eigenvalue weighted by atomic mass is 16.6. The lowest BCUT2D eigenvalue weighted by Crippen LogP contribution is -2.33. The van der Waals surface area contributed by atoms with E-state index in [9.17, 15) is 19.7 Å². The number of dihydropyridines is 1. The zero-order valence-electron chi connectivity index (χ0n) is 24.9. The summed E-state index contributed by atoms with van der Waals surface area (Å²) in [5, 5.41) is 14.7. The number of piperidine rings is 1. The first-order valence-corrected chi connectivity index (χ1v) is 14.8. The number of esters is 2. The van der Waals surface area contributed by atoms with Crippen LogP contribution in [-0.2, 0) is 19.1 Å². The maximum atomic E-state index is 13.7.